The van der Waals surface area contributed by atoms with Gasteiger partial charge in [0.05, 0.1) is 16.4 Å². The van der Waals surface area contributed by atoms with Crippen molar-refractivity contribution in [2.75, 3.05) is 6.61 Å². The number of thiophene rings is 1. The minimum Gasteiger partial charge on any atom is -0.545 e. The van der Waals surface area contributed by atoms with Crippen LogP contribution < -0.4 is 5.11 Å². The molecule has 1 aromatic heterocycles. The van der Waals surface area contributed by atoms with Crippen LogP contribution in [-0.4, -0.2) is 24.0 Å². The molecule has 1 aliphatic rings. The Kier molecular flexibility index (Phi) is 2.26. The van der Waals surface area contributed by atoms with Gasteiger partial charge in [-0.05, 0) is 25.3 Å². The van der Waals surface area contributed by atoms with Gasteiger partial charge in [-0.15, -0.1) is 11.3 Å². The molecule has 0 aliphatic carbocycles. The number of carbonyl (C=O) groups is 1. The number of hydrogen-bond donors (Lipinski definition) is 0. The summed E-state index contributed by atoms with van der Waals surface area (Å²) in [5.74, 6) is -0.781. The van der Waals surface area contributed by atoms with Crippen LogP contribution >= 0.6 is 11.3 Å². The molecule has 0 N–H and O–H groups in total. The normalized spacial score (nSPS) is 18.4. The zero-order valence-corrected chi connectivity index (χ0v) is 9.26. The van der Waals surface area contributed by atoms with Crippen molar-refractivity contribution in [1.29, 1.82) is 0 Å². The zero-order valence-electron chi connectivity index (χ0n) is 8.44. The molecule has 0 bridgehead atoms. The summed E-state index contributed by atoms with van der Waals surface area (Å²) in [6.07, 6.45) is 0. The van der Waals surface area contributed by atoms with E-state index >= 15 is 0 Å². The highest BCUT2D eigenvalue weighted by Crippen LogP contribution is 2.25. The Bertz CT molecular complexity index is 434. The number of hydrogen-bond acceptors (Lipinski definition) is 5. The minimum absolute atomic E-state index is 0.149. The lowest BCUT2D eigenvalue weighted by Gasteiger charge is -2.07. The Labute approximate surface area is 91.2 Å². The average molecular weight is 224 g/mol. The first kappa shape index (κ1) is 10.2. The smallest absolute Gasteiger partial charge is 0.227 e. The molecule has 0 saturated carbocycles. The number of aliphatic imine (C=N–C) groups is 1. The van der Waals surface area contributed by atoms with Gasteiger partial charge in [0.2, 0.25) is 5.90 Å². The second-order valence-electron chi connectivity index (χ2n) is 3.97. The Hall–Kier alpha value is -1.36. The standard InChI is InChI=1S/C10H11NO3S/c1-10(2)5-14-8(11-10)7-6(9(12)13)3-4-15-7/h3-4H,5H2,1-2H3,(H,12,13)/p-1. The quantitative estimate of drug-likeness (QED) is 0.741. The van der Waals surface area contributed by atoms with Gasteiger partial charge in [-0.3, -0.25) is 0 Å². The molecular weight excluding hydrogens is 214 g/mol. The third kappa shape index (κ3) is 1.87. The van der Waals surface area contributed by atoms with Crippen molar-refractivity contribution in [3.05, 3.63) is 21.9 Å². The molecule has 0 amide bonds. The maximum absolute atomic E-state index is 10.8. The molecule has 0 aromatic carbocycles. The van der Waals surface area contributed by atoms with Gasteiger partial charge in [-0.25, -0.2) is 4.99 Å². The van der Waals surface area contributed by atoms with Crippen LogP contribution in [0.15, 0.2) is 16.4 Å². The number of carboxylic acid groups (broad SMARTS) is 1. The van der Waals surface area contributed by atoms with Crippen LogP contribution in [0.1, 0.15) is 29.1 Å². The second kappa shape index (κ2) is 3.34. The second-order valence-corrected chi connectivity index (χ2v) is 4.89. The predicted octanol–water partition coefficient (Wildman–Crippen LogP) is 0.667. The maximum Gasteiger partial charge on any atom is 0.227 e. The molecule has 15 heavy (non-hydrogen) atoms. The fourth-order valence-corrected chi connectivity index (χ4v) is 2.16. The third-order valence-corrected chi connectivity index (χ3v) is 2.95. The average Bonchev–Trinajstić information content (AvgIpc) is 2.69. The highest BCUT2D eigenvalue weighted by molar-refractivity contribution is 7.12. The van der Waals surface area contributed by atoms with E-state index in [0.717, 1.165) is 0 Å². The van der Waals surface area contributed by atoms with E-state index in [-0.39, 0.29) is 11.1 Å². The van der Waals surface area contributed by atoms with Crippen molar-refractivity contribution in [2.24, 2.45) is 4.99 Å². The molecule has 2 heterocycles. The van der Waals surface area contributed by atoms with Crippen molar-refractivity contribution in [3.63, 3.8) is 0 Å². The van der Waals surface area contributed by atoms with E-state index < -0.39 is 5.97 Å². The van der Waals surface area contributed by atoms with Gasteiger partial charge in [-0.1, -0.05) is 0 Å². The summed E-state index contributed by atoms with van der Waals surface area (Å²) < 4.78 is 5.37. The monoisotopic (exact) mass is 224 g/mol. The van der Waals surface area contributed by atoms with E-state index in [2.05, 4.69) is 4.99 Å². The highest BCUT2D eigenvalue weighted by Gasteiger charge is 2.28. The first-order valence-electron chi connectivity index (χ1n) is 4.51. The molecule has 80 valence electrons. The molecule has 1 aliphatic heterocycles. The summed E-state index contributed by atoms with van der Waals surface area (Å²) in [6, 6.07) is 1.51. The molecule has 0 unspecified atom stereocenters. The summed E-state index contributed by atoms with van der Waals surface area (Å²) in [7, 11) is 0. The first-order chi connectivity index (χ1) is 6.99. The van der Waals surface area contributed by atoms with E-state index in [4.69, 9.17) is 4.74 Å². The molecular formula is C10H10NO3S-. The van der Waals surface area contributed by atoms with Crippen LogP contribution in [0.25, 0.3) is 0 Å². The zero-order chi connectivity index (χ0) is 11.1. The summed E-state index contributed by atoms with van der Waals surface area (Å²) >= 11 is 1.30. The van der Waals surface area contributed by atoms with Gasteiger partial charge < -0.3 is 14.6 Å². The van der Waals surface area contributed by atoms with E-state index in [0.29, 0.717) is 17.4 Å². The summed E-state index contributed by atoms with van der Waals surface area (Å²) in [6.45, 7) is 4.35. The number of rotatable bonds is 2. The molecule has 0 radical (unpaired) electrons. The Morgan fingerprint density at radius 1 is 1.67 bits per heavy atom. The first-order valence-corrected chi connectivity index (χ1v) is 5.39. The van der Waals surface area contributed by atoms with Crippen LogP contribution in [0.5, 0.6) is 0 Å². The van der Waals surface area contributed by atoms with E-state index in [1.165, 1.54) is 17.4 Å². The van der Waals surface area contributed by atoms with Gasteiger partial charge >= 0.3 is 0 Å². The van der Waals surface area contributed by atoms with E-state index in [1.54, 1.807) is 5.38 Å². The highest BCUT2D eigenvalue weighted by atomic mass is 32.1. The van der Waals surface area contributed by atoms with Crippen molar-refractivity contribution in [1.82, 2.24) is 0 Å². The Morgan fingerprint density at radius 3 is 2.93 bits per heavy atom. The number of carbonyl (C=O) groups excluding carboxylic acids is 1. The van der Waals surface area contributed by atoms with Gasteiger partial charge in [0.1, 0.15) is 6.61 Å². The van der Waals surface area contributed by atoms with E-state index in [1.807, 2.05) is 13.8 Å². The maximum atomic E-state index is 10.8. The summed E-state index contributed by atoms with van der Waals surface area (Å²) in [5, 5.41) is 12.5. The fourth-order valence-electron chi connectivity index (χ4n) is 1.34. The minimum atomic E-state index is -1.19. The molecule has 4 nitrogen and oxygen atoms in total. The summed E-state index contributed by atoms with van der Waals surface area (Å²) in [5.41, 5.74) is -0.126. The molecule has 2 rings (SSSR count). The number of aromatic carboxylic acids is 1. The van der Waals surface area contributed by atoms with Crippen molar-refractivity contribution in [3.8, 4) is 0 Å². The topological polar surface area (TPSA) is 61.7 Å². The molecule has 0 fully saturated rings. The number of carboxylic acids is 1. The van der Waals surface area contributed by atoms with Crippen LogP contribution in [-0.2, 0) is 4.74 Å². The lowest BCUT2D eigenvalue weighted by atomic mass is 10.1. The van der Waals surface area contributed by atoms with Gasteiger partial charge in [0, 0.05) is 5.56 Å². The van der Waals surface area contributed by atoms with Gasteiger partial charge in [0.25, 0.3) is 0 Å². The van der Waals surface area contributed by atoms with Crippen LogP contribution in [0, 0.1) is 0 Å². The molecule has 0 saturated heterocycles. The van der Waals surface area contributed by atoms with Crippen LogP contribution in [0.2, 0.25) is 0 Å². The van der Waals surface area contributed by atoms with Gasteiger partial charge in [0.15, 0.2) is 0 Å². The Morgan fingerprint density at radius 2 is 2.40 bits per heavy atom. The van der Waals surface area contributed by atoms with Crippen molar-refractivity contribution >= 4 is 23.2 Å². The lowest BCUT2D eigenvalue weighted by Crippen LogP contribution is -2.23. The SMILES string of the molecule is CC1(C)COC(c2sccc2C(=O)[O-])=N1. The van der Waals surface area contributed by atoms with E-state index in [9.17, 15) is 9.90 Å². The molecule has 1 aromatic rings. The number of ether oxygens (including phenoxy) is 1. The van der Waals surface area contributed by atoms with Crippen molar-refractivity contribution < 1.29 is 14.6 Å². The third-order valence-electron chi connectivity index (χ3n) is 2.05. The van der Waals surface area contributed by atoms with Crippen LogP contribution in [0.3, 0.4) is 0 Å². The fraction of sp³-hybridized carbons (Fsp3) is 0.400. The lowest BCUT2D eigenvalue weighted by molar-refractivity contribution is -0.255. The molecule has 0 atom stereocenters. The van der Waals surface area contributed by atoms with Crippen LogP contribution in [0.4, 0.5) is 0 Å². The van der Waals surface area contributed by atoms with Crippen molar-refractivity contribution in [2.45, 2.75) is 19.4 Å². The largest absolute Gasteiger partial charge is 0.545 e. The van der Waals surface area contributed by atoms with Gasteiger partial charge in [-0.2, -0.15) is 0 Å². The molecule has 5 heteroatoms. The predicted molar refractivity (Wildman–Crippen MR) is 55.2 cm³/mol. The summed E-state index contributed by atoms with van der Waals surface area (Å²) in [4.78, 5) is 15.6. The molecule has 0 spiro atoms. The Balaban J connectivity index is 2.39. The number of nitrogens with zero attached hydrogens (tertiary/aromatic N) is 1.